The van der Waals surface area contributed by atoms with Crippen LogP contribution in [0.5, 0.6) is 0 Å². The maximum atomic E-state index is 11.8. The second kappa shape index (κ2) is 8.39. The van der Waals surface area contributed by atoms with Gasteiger partial charge in [-0.1, -0.05) is 35.8 Å². The highest BCUT2D eigenvalue weighted by atomic mass is 79.9. The van der Waals surface area contributed by atoms with Gasteiger partial charge in [0.2, 0.25) is 5.91 Å². The molecule has 0 saturated heterocycles. The van der Waals surface area contributed by atoms with E-state index in [-0.39, 0.29) is 24.5 Å². The van der Waals surface area contributed by atoms with E-state index in [9.17, 15) is 4.79 Å². The molecule has 0 spiro atoms. The van der Waals surface area contributed by atoms with Gasteiger partial charge in [-0.25, -0.2) is 0 Å². The van der Waals surface area contributed by atoms with Crippen molar-refractivity contribution in [2.75, 3.05) is 25.0 Å². The van der Waals surface area contributed by atoms with Crippen LogP contribution in [-0.4, -0.2) is 30.7 Å². The third-order valence-electron chi connectivity index (χ3n) is 3.01. The maximum Gasteiger partial charge on any atom is 0.238 e. The van der Waals surface area contributed by atoms with Gasteiger partial charge < -0.3 is 15.7 Å². The van der Waals surface area contributed by atoms with Gasteiger partial charge in [0.05, 0.1) is 6.54 Å². The summed E-state index contributed by atoms with van der Waals surface area (Å²) in [7, 11) is 0. The number of nitrogens with one attached hydrogen (secondary N) is 2. The summed E-state index contributed by atoms with van der Waals surface area (Å²) in [5.74, 6) is -0.0546. The number of hydrogen-bond acceptors (Lipinski definition) is 3. The van der Waals surface area contributed by atoms with Crippen molar-refractivity contribution in [2.24, 2.45) is 5.41 Å². The van der Waals surface area contributed by atoms with E-state index in [0.717, 1.165) is 29.5 Å². The first-order valence-corrected chi connectivity index (χ1v) is 7.59. The summed E-state index contributed by atoms with van der Waals surface area (Å²) in [6.07, 6.45) is 1.72. The number of amides is 1. The van der Waals surface area contributed by atoms with Gasteiger partial charge in [0.1, 0.15) is 0 Å². The number of halogens is 1. The molecule has 20 heavy (non-hydrogen) atoms. The summed E-state index contributed by atoms with van der Waals surface area (Å²) >= 11 is 3.37. The molecule has 0 aliphatic carbocycles. The quantitative estimate of drug-likeness (QED) is 0.680. The molecule has 0 saturated carbocycles. The van der Waals surface area contributed by atoms with Crippen molar-refractivity contribution in [3.05, 3.63) is 28.7 Å². The van der Waals surface area contributed by atoms with E-state index in [1.165, 1.54) is 0 Å². The van der Waals surface area contributed by atoms with E-state index in [1.807, 2.05) is 24.3 Å². The Morgan fingerprint density at radius 2 is 2.15 bits per heavy atom. The fraction of sp³-hybridized carbons (Fsp3) is 0.533. The minimum absolute atomic E-state index is 0.0546. The molecule has 1 rings (SSSR count). The third-order valence-corrected chi connectivity index (χ3v) is 3.50. The molecule has 0 unspecified atom stereocenters. The normalized spacial score (nSPS) is 11.4. The van der Waals surface area contributed by atoms with Crippen molar-refractivity contribution < 1.29 is 9.90 Å². The Balaban J connectivity index is 2.30. The fourth-order valence-corrected chi connectivity index (χ4v) is 2.33. The van der Waals surface area contributed by atoms with Gasteiger partial charge in [0.25, 0.3) is 0 Å². The number of aliphatic hydroxyl groups is 1. The van der Waals surface area contributed by atoms with Crippen molar-refractivity contribution in [1.29, 1.82) is 0 Å². The number of anilines is 1. The Morgan fingerprint density at radius 1 is 1.40 bits per heavy atom. The lowest BCUT2D eigenvalue weighted by Crippen LogP contribution is -2.35. The monoisotopic (exact) mass is 342 g/mol. The number of aliphatic hydroxyl groups excluding tert-OH is 1. The van der Waals surface area contributed by atoms with E-state index < -0.39 is 0 Å². The first-order chi connectivity index (χ1) is 9.43. The van der Waals surface area contributed by atoms with Gasteiger partial charge in [0, 0.05) is 23.3 Å². The highest BCUT2D eigenvalue weighted by Gasteiger charge is 2.17. The van der Waals surface area contributed by atoms with Crippen LogP contribution in [0.3, 0.4) is 0 Å². The van der Waals surface area contributed by atoms with Crippen LogP contribution in [0.15, 0.2) is 28.7 Å². The average molecular weight is 343 g/mol. The zero-order valence-electron chi connectivity index (χ0n) is 12.1. The molecule has 0 heterocycles. The van der Waals surface area contributed by atoms with Crippen molar-refractivity contribution >= 4 is 27.5 Å². The molecule has 1 aromatic rings. The van der Waals surface area contributed by atoms with Crippen molar-refractivity contribution in [2.45, 2.75) is 26.7 Å². The lowest BCUT2D eigenvalue weighted by Gasteiger charge is -2.24. The number of rotatable bonds is 8. The van der Waals surface area contributed by atoms with Gasteiger partial charge in [0.15, 0.2) is 0 Å². The summed E-state index contributed by atoms with van der Waals surface area (Å²) in [6.45, 7) is 5.50. The topological polar surface area (TPSA) is 61.4 Å². The van der Waals surface area contributed by atoms with Gasteiger partial charge in [-0.3, -0.25) is 4.79 Å². The fourth-order valence-electron chi connectivity index (χ4n) is 1.93. The molecule has 1 amide bonds. The summed E-state index contributed by atoms with van der Waals surface area (Å²) < 4.78 is 0.938. The van der Waals surface area contributed by atoms with Crippen LogP contribution in [0.2, 0.25) is 0 Å². The average Bonchev–Trinajstić information content (AvgIpc) is 2.36. The van der Waals surface area contributed by atoms with Crippen LogP contribution in [0.25, 0.3) is 0 Å². The number of hydrogen-bond donors (Lipinski definition) is 3. The first-order valence-electron chi connectivity index (χ1n) is 6.80. The van der Waals surface area contributed by atoms with Gasteiger partial charge in [-0.05, 0) is 36.5 Å². The summed E-state index contributed by atoms with van der Waals surface area (Å²) in [5, 5.41) is 14.8. The number of benzene rings is 1. The third kappa shape index (κ3) is 7.03. The molecule has 0 fully saturated rings. The maximum absolute atomic E-state index is 11.8. The van der Waals surface area contributed by atoms with Crippen molar-refractivity contribution in [3.8, 4) is 0 Å². The van der Waals surface area contributed by atoms with Crippen LogP contribution in [0.4, 0.5) is 5.69 Å². The Morgan fingerprint density at radius 3 is 2.80 bits per heavy atom. The Bertz CT molecular complexity index is 436. The standard InChI is InChI=1S/C15H23BrN2O2/c1-15(2,7-4-8-19)11-17-10-14(20)18-13-6-3-5-12(16)9-13/h3,5-6,9,17,19H,4,7-8,10-11H2,1-2H3,(H,18,20). The Labute approximate surface area is 129 Å². The second-order valence-electron chi connectivity index (χ2n) is 5.65. The predicted octanol–water partition coefficient (Wildman–Crippen LogP) is 2.78. The van der Waals surface area contributed by atoms with Crippen LogP contribution >= 0.6 is 15.9 Å². The van der Waals surface area contributed by atoms with Crippen LogP contribution in [0.1, 0.15) is 26.7 Å². The largest absolute Gasteiger partial charge is 0.396 e. The SMILES string of the molecule is CC(C)(CCCO)CNCC(=O)Nc1cccc(Br)c1. The molecule has 0 atom stereocenters. The molecule has 4 nitrogen and oxygen atoms in total. The van der Waals surface area contributed by atoms with E-state index in [4.69, 9.17) is 5.11 Å². The van der Waals surface area contributed by atoms with E-state index >= 15 is 0 Å². The predicted molar refractivity (Wildman–Crippen MR) is 85.7 cm³/mol. The number of carbonyl (C=O) groups excluding carboxylic acids is 1. The molecule has 0 aliphatic rings. The summed E-state index contributed by atoms with van der Waals surface area (Å²) in [5.41, 5.74) is 0.865. The molecule has 1 aromatic carbocycles. The van der Waals surface area contributed by atoms with Crippen molar-refractivity contribution in [3.63, 3.8) is 0 Å². The Hall–Kier alpha value is -0.910. The molecule has 0 bridgehead atoms. The molecular formula is C15H23BrN2O2. The zero-order chi connectivity index (χ0) is 15.0. The number of carbonyl (C=O) groups is 1. The molecule has 0 radical (unpaired) electrons. The minimum Gasteiger partial charge on any atom is -0.396 e. The molecular weight excluding hydrogens is 320 g/mol. The molecule has 112 valence electrons. The molecule has 5 heteroatoms. The minimum atomic E-state index is -0.0546. The molecule has 0 aromatic heterocycles. The van der Waals surface area contributed by atoms with Crippen LogP contribution in [-0.2, 0) is 4.79 Å². The van der Waals surface area contributed by atoms with Gasteiger partial charge in [-0.2, -0.15) is 0 Å². The highest BCUT2D eigenvalue weighted by molar-refractivity contribution is 9.10. The summed E-state index contributed by atoms with van der Waals surface area (Å²) in [6, 6.07) is 7.51. The van der Waals surface area contributed by atoms with E-state index in [2.05, 4.69) is 40.4 Å². The Kier molecular flexibility index (Phi) is 7.19. The molecule has 0 aliphatic heterocycles. The van der Waals surface area contributed by atoms with E-state index in [1.54, 1.807) is 0 Å². The summed E-state index contributed by atoms with van der Waals surface area (Å²) in [4.78, 5) is 11.8. The van der Waals surface area contributed by atoms with E-state index in [0.29, 0.717) is 0 Å². The van der Waals surface area contributed by atoms with Crippen molar-refractivity contribution in [1.82, 2.24) is 5.32 Å². The zero-order valence-corrected chi connectivity index (χ0v) is 13.7. The lowest BCUT2D eigenvalue weighted by atomic mass is 9.88. The lowest BCUT2D eigenvalue weighted by molar-refractivity contribution is -0.115. The van der Waals surface area contributed by atoms with Gasteiger partial charge >= 0.3 is 0 Å². The first kappa shape index (κ1) is 17.1. The second-order valence-corrected chi connectivity index (χ2v) is 6.57. The molecule has 3 N–H and O–H groups in total. The highest BCUT2D eigenvalue weighted by Crippen LogP contribution is 2.20. The van der Waals surface area contributed by atoms with Crippen LogP contribution in [0, 0.1) is 5.41 Å². The smallest absolute Gasteiger partial charge is 0.238 e. The van der Waals surface area contributed by atoms with Gasteiger partial charge in [-0.15, -0.1) is 0 Å². The van der Waals surface area contributed by atoms with Crippen LogP contribution < -0.4 is 10.6 Å².